The molecule has 3 atom stereocenters. The molecule has 1 radical (unpaired) electrons. The molecule has 1 fully saturated rings. The molecule has 0 saturated carbocycles. The van der Waals surface area contributed by atoms with Gasteiger partial charge < -0.3 is 0 Å². The molecule has 1 aliphatic rings. The van der Waals surface area contributed by atoms with Crippen molar-refractivity contribution in [3.63, 3.8) is 0 Å². The van der Waals surface area contributed by atoms with E-state index in [1.807, 2.05) is 0 Å². The number of aryl methyl sites for hydroxylation is 1. The van der Waals surface area contributed by atoms with Crippen LogP contribution in [0.3, 0.4) is 0 Å². The molecule has 0 aliphatic carbocycles. The van der Waals surface area contributed by atoms with Crippen molar-refractivity contribution in [2.45, 2.75) is 31.8 Å². The Bertz CT molecular complexity index is 476. The summed E-state index contributed by atoms with van der Waals surface area (Å²) in [5.74, 6) is 0. The van der Waals surface area contributed by atoms with Gasteiger partial charge in [-0.2, -0.15) is 0 Å². The van der Waals surface area contributed by atoms with E-state index in [1.54, 1.807) is 17.7 Å². The first kappa shape index (κ1) is 12.7. The van der Waals surface area contributed by atoms with Gasteiger partial charge in [0, 0.05) is 0 Å². The predicted octanol–water partition coefficient (Wildman–Crippen LogP) is -2.01. The Labute approximate surface area is 106 Å². The average Bonchev–Trinajstić information content (AvgIpc) is 2.65. The van der Waals surface area contributed by atoms with Gasteiger partial charge in [-0.25, -0.2) is 0 Å². The summed E-state index contributed by atoms with van der Waals surface area (Å²) in [4.78, 5) is 15.1. The Balaban J connectivity index is 2.30. The topological polar surface area (TPSA) is 84.6 Å². The number of aliphatic hydroxyl groups excluding tert-OH is 2. The van der Waals surface area contributed by atoms with Crippen LogP contribution >= 0.6 is 0 Å². The van der Waals surface area contributed by atoms with Crippen molar-refractivity contribution in [1.82, 2.24) is 9.55 Å². The van der Waals surface area contributed by atoms with Crippen molar-refractivity contribution in [3.8, 4) is 0 Å². The molecule has 0 aromatic carbocycles. The molecule has 2 N–H and O–H groups in total. The van der Waals surface area contributed by atoms with E-state index >= 15 is 0 Å². The monoisotopic (exact) mass is 305 g/mol. The Hall–Kier alpha value is -0.721. The van der Waals surface area contributed by atoms with E-state index in [2.05, 4.69) is 21.0 Å². The fourth-order valence-corrected chi connectivity index (χ4v) is 2.34. The van der Waals surface area contributed by atoms with Gasteiger partial charge in [0.1, 0.15) is 0 Å². The second-order valence-electron chi connectivity index (χ2n) is 4.03. The summed E-state index contributed by atoms with van der Waals surface area (Å²) in [6.07, 6.45) is 0.302. The molecule has 6 nitrogen and oxygen atoms in total. The number of hydrogen-bond donors (Lipinski definition) is 2. The summed E-state index contributed by atoms with van der Waals surface area (Å²) < 4.78 is 7.56. The quantitative estimate of drug-likeness (QED) is 0.617. The van der Waals surface area contributed by atoms with Crippen LogP contribution in [0.2, 0.25) is 0 Å². The van der Waals surface area contributed by atoms with E-state index in [9.17, 15) is 9.90 Å². The molecular formula is C10H13N2O4Se. The minimum atomic E-state index is -0.705. The van der Waals surface area contributed by atoms with Crippen LogP contribution in [0.4, 0.5) is 0 Å². The number of hydrogen-bond acceptors (Lipinski definition) is 5. The molecule has 0 amide bonds. The summed E-state index contributed by atoms with van der Waals surface area (Å²) in [6.45, 7) is 1.44. The number of nitrogens with zero attached hydrogens (tertiary/aromatic N) is 2. The van der Waals surface area contributed by atoms with E-state index in [0.717, 1.165) is 0 Å². The molecular weight excluding hydrogens is 291 g/mol. The molecule has 2 heterocycles. The molecule has 1 aliphatic heterocycles. The number of aromatic nitrogens is 2. The molecule has 2 rings (SSSR count). The van der Waals surface area contributed by atoms with Gasteiger partial charge in [-0.3, -0.25) is 0 Å². The van der Waals surface area contributed by atoms with Gasteiger partial charge in [-0.15, -0.1) is 0 Å². The van der Waals surface area contributed by atoms with Crippen LogP contribution < -0.4 is 10.3 Å². The number of ether oxygens (including phenoxy) is 1. The zero-order chi connectivity index (χ0) is 12.6. The van der Waals surface area contributed by atoms with E-state index in [0.29, 0.717) is 16.7 Å². The van der Waals surface area contributed by atoms with E-state index in [-0.39, 0.29) is 12.2 Å². The fraction of sp³-hybridized carbons (Fsp3) is 0.600. The summed E-state index contributed by atoms with van der Waals surface area (Å²) in [7, 11) is 0. The van der Waals surface area contributed by atoms with Crippen molar-refractivity contribution in [3.05, 3.63) is 22.1 Å². The number of aliphatic hydroxyl groups is 2. The average molecular weight is 304 g/mol. The fourth-order valence-electron chi connectivity index (χ4n) is 1.81. The molecule has 93 valence electrons. The van der Waals surface area contributed by atoms with Crippen LogP contribution in [-0.4, -0.2) is 54.6 Å². The van der Waals surface area contributed by atoms with Gasteiger partial charge in [0.2, 0.25) is 0 Å². The molecule has 0 unspecified atom stereocenters. The standard InChI is InChI=1S/C10H13N2O4Se/c1-5-3-12(10(17)11-9(5)15)8-2-6(14)7(4-13)16-8/h3,6-8,13-14H,2,4H2,1H3/t6-,7-,8-/m1/s1. The Morgan fingerprint density at radius 1 is 1.71 bits per heavy atom. The second-order valence-corrected chi connectivity index (χ2v) is 4.80. The van der Waals surface area contributed by atoms with Crippen molar-refractivity contribution in [2.75, 3.05) is 6.61 Å². The summed E-state index contributed by atoms with van der Waals surface area (Å²) >= 11 is 2.69. The van der Waals surface area contributed by atoms with Crippen LogP contribution in [-0.2, 0) is 4.74 Å². The maximum atomic E-state index is 11.3. The number of rotatable bonds is 2. The molecule has 7 heteroatoms. The van der Waals surface area contributed by atoms with Gasteiger partial charge in [0.15, 0.2) is 0 Å². The third kappa shape index (κ3) is 2.43. The third-order valence-electron chi connectivity index (χ3n) is 2.78. The molecule has 0 spiro atoms. The zero-order valence-corrected chi connectivity index (χ0v) is 11.0. The Morgan fingerprint density at radius 2 is 2.41 bits per heavy atom. The first-order chi connectivity index (χ1) is 8.02. The van der Waals surface area contributed by atoms with E-state index in [4.69, 9.17) is 9.84 Å². The molecule has 0 bridgehead atoms. The van der Waals surface area contributed by atoms with Crippen LogP contribution in [0, 0.1) is 6.92 Å². The van der Waals surface area contributed by atoms with Crippen molar-refractivity contribution in [2.24, 2.45) is 0 Å². The van der Waals surface area contributed by atoms with Gasteiger partial charge in [-0.05, 0) is 0 Å². The van der Waals surface area contributed by atoms with E-state index in [1.165, 1.54) is 0 Å². The van der Waals surface area contributed by atoms with Crippen LogP contribution in [0.5, 0.6) is 0 Å². The normalized spacial score (nSPS) is 28.5. The van der Waals surface area contributed by atoms with Crippen molar-refractivity contribution in [1.29, 1.82) is 0 Å². The van der Waals surface area contributed by atoms with Gasteiger partial charge in [0.05, 0.1) is 0 Å². The Morgan fingerprint density at radius 3 is 3.00 bits per heavy atom. The van der Waals surface area contributed by atoms with Gasteiger partial charge >= 0.3 is 106 Å². The first-order valence-corrected chi connectivity index (χ1v) is 6.09. The third-order valence-corrected chi connectivity index (χ3v) is 3.42. The van der Waals surface area contributed by atoms with Crippen LogP contribution in [0.1, 0.15) is 18.2 Å². The predicted molar refractivity (Wildman–Crippen MR) is 60.2 cm³/mol. The SMILES string of the molecule is Cc1cn([C@H]2C[C@@H](O)[C@@H](CO)O2)c([Se])nc1=O. The molecule has 1 aromatic rings. The summed E-state index contributed by atoms with van der Waals surface area (Å²) in [5, 5.41) is 18.6. The summed E-state index contributed by atoms with van der Waals surface area (Å²) in [6, 6.07) is 0. The molecule has 17 heavy (non-hydrogen) atoms. The maximum absolute atomic E-state index is 11.3. The zero-order valence-electron chi connectivity index (χ0n) is 9.24. The van der Waals surface area contributed by atoms with Crippen LogP contribution in [0.25, 0.3) is 0 Å². The minimum absolute atomic E-state index is 0.229. The first-order valence-electron chi connectivity index (χ1n) is 5.24. The van der Waals surface area contributed by atoms with Gasteiger partial charge in [-0.1, -0.05) is 0 Å². The summed E-state index contributed by atoms with van der Waals surface area (Å²) in [5.41, 5.74) is 0.224. The Kier molecular flexibility index (Phi) is 3.65. The van der Waals surface area contributed by atoms with Gasteiger partial charge in [0.25, 0.3) is 0 Å². The second kappa shape index (κ2) is 4.88. The van der Waals surface area contributed by atoms with E-state index < -0.39 is 18.4 Å². The molecule has 1 saturated heterocycles. The molecule has 1 aromatic heterocycles. The van der Waals surface area contributed by atoms with Crippen molar-refractivity contribution < 1.29 is 14.9 Å². The van der Waals surface area contributed by atoms with Crippen molar-refractivity contribution >= 4 is 20.7 Å². The van der Waals surface area contributed by atoms with Crippen LogP contribution in [0.15, 0.2) is 11.0 Å².